The molecule has 2 heteroatoms. The molecule has 2 aliphatic carbocycles. The number of aromatic hydroxyl groups is 2. The molecular formula is C28H38O2. The third kappa shape index (κ3) is 4.68. The predicted molar refractivity (Wildman–Crippen MR) is 125 cm³/mol. The monoisotopic (exact) mass is 406 g/mol. The highest BCUT2D eigenvalue weighted by Gasteiger charge is 2.23. The number of aryl methyl sites for hydroxylation is 4. The van der Waals surface area contributed by atoms with E-state index in [4.69, 9.17) is 0 Å². The summed E-state index contributed by atoms with van der Waals surface area (Å²) in [4.78, 5) is 0. The van der Waals surface area contributed by atoms with E-state index in [0.717, 1.165) is 35.1 Å². The number of rotatable bonds is 5. The number of phenolic OH excluding ortho intramolecular Hbond substituents is 2. The molecule has 2 aromatic carbocycles. The molecule has 0 amide bonds. The molecule has 0 bridgehead atoms. The lowest BCUT2D eigenvalue weighted by Gasteiger charge is -2.25. The number of hydrogen-bond donors (Lipinski definition) is 2. The molecule has 0 radical (unpaired) electrons. The molecule has 2 aliphatic rings. The van der Waals surface area contributed by atoms with Gasteiger partial charge >= 0.3 is 0 Å². The van der Waals surface area contributed by atoms with Gasteiger partial charge in [0.1, 0.15) is 11.5 Å². The largest absolute Gasteiger partial charge is 0.507 e. The Hall–Kier alpha value is -1.96. The summed E-state index contributed by atoms with van der Waals surface area (Å²) in [5.41, 5.74) is 6.85. The Labute approximate surface area is 182 Å². The zero-order chi connectivity index (χ0) is 21.1. The first-order chi connectivity index (χ1) is 14.5. The van der Waals surface area contributed by atoms with Crippen LogP contribution in [0, 0.1) is 13.8 Å². The van der Waals surface area contributed by atoms with Crippen LogP contribution in [0.2, 0.25) is 0 Å². The molecule has 0 atom stereocenters. The maximum absolute atomic E-state index is 11.1. The highest BCUT2D eigenvalue weighted by Crippen LogP contribution is 2.41. The van der Waals surface area contributed by atoms with Crippen molar-refractivity contribution in [3.8, 4) is 11.5 Å². The van der Waals surface area contributed by atoms with Crippen molar-refractivity contribution in [1.29, 1.82) is 0 Å². The van der Waals surface area contributed by atoms with Gasteiger partial charge in [-0.05, 0) is 86.5 Å². The molecule has 0 aliphatic heterocycles. The van der Waals surface area contributed by atoms with Gasteiger partial charge in [0.25, 0.3) is 0 Å². The van der Waals surface area contributed by atoms with E-state index in [2.05, 4.69) is 38.1 Å². The summed E-state index contributed by atoms with van der Waals surface area (Å²) in [6.07, 6.45) is 14.1. The fourth-order valence-corrected chi connectivity index (χ4v) is 5.87. The molecule has 2 fully saturated rings. The van der Waals surface area contributed by atoms with E-state index in [0.29, 0.717) is 23.3 Å². The summed E-state index contributed by atoms with van der Waals surface area (Å²) < 4.78 is 0. The summed E-state index contributed by atoms with van der Waals surface area (Å²) >= 11 is 0. The maximum Gasteiger partial charge on any atom is 0.122 e. The highest BCUT2D eigenvalue weighted by atomic mass is 16.3. The molecule has 2 nitrogen and oxygen atoms in total. The topological polar surface area (TPSA) is 40.5 Å². The minimum atomic E-state index is 0.502. The van der Waals surface area contributed by atoms with E-state index in [1.807, 2.05) is 0 Å². The van der Waals surface area contributed by atoms with Crippen LogP contribution in [-0.2, 0) is 12.8 Å². The predicted octanol–water partition coefficient (Wildman–Crippen LogP) is 7.60. The Kier molecular flexibility index (Phi) is 6.71. The average Bonchev–Trinajstić information content (AvgIpc) is 2.77. The molecule has 4 rings (SSSR count). The molecule has 0 heterocycles. The van der Waals surface area contributed by atoms with Crippen molar-refractivity contribution < 1.29 is 10.2 Å². The lowest BCUT2D eigenvalue weighted by atomic mass is 9.81. The number of benzene rings is 2. The van der Waals surface area contributed by atoms with Crippen molar-refractivity contribution in [2.75, 3.05) is 0 Å². The smallest absolute Gasteiger partial charge is 0.122 e. The fraction of sp³-hybridized carbons (Fsp3) is 0.571. The first-order valence-corrected chi connectivity index (χ1v) is 12.2. The van der Waals surface area contributed by atoms with E-state index in [1.165, 1.54) is 75.3 Å². The summed E-state index contributed by atoms with van der Waals surface area (Å²) in [5.74, 6) is 2.02. The van der Waals surface area contributed by atoms with Gasteiger partial charge in [0.15, 0.2) is 0 Å². The standard InChI is InChI=1S/C28H38O2/c1-19-15-23(27(29)25(17-19)21-9-5-3-6-10-21)13-14-24-16-20(2)18-26(28(24)30)22-11-7-4-8-12-22/h15-18,21-22,29-30H,3-14H2,1-2H3. The van der Waals surface area contributed by atoms with E-state index in [-0.39, 0.29) is 0 Å². The van der Waals surface area contributed by atoms with Gasteiger partial charge in [0.05, 0.1) is 0 Å². The first-order valence-electron chi connectivity index (χ1n) is 12.2. The second-order valence-electron chi connectivity index (χ2n) is 9.89. The van der Waals surface area contributed by atoms with Gasteiger partial charge in [0, 0.05) is 0 Å². The van der Waals surface area contributed by atoms with E-state index in [1.54, 1.807) is 0 Å². The van der Waals surface area contributed by atoms with Crippen molar-refractivity contribution in [1.82, 2.24) is 0 Å². The third-order valence-electron chi connectivity index (χ3n) is 7.48. The van der Waals surface area contributed by atoms with Crippen LogP contribution in [0.15, 0.2) is 24.3 Å². The Bertz CT molecular complexity index is 797. The van der Waals surface area contributed by atoms with Gasteiger partial charge in [-0.25, -0.2) is 0 Å². The minimum absolute atomic E-state index is 0.502. The van der Waals surface area contributed by atoms with Crippen LogP contribution >= 0.6 is 0 Å². The summed E-state index contributed by atoms with van der Waals surface area (Å²) in [6.45, 7) is 4.28. The van der Waals surface area contributed by atoms with Crippen LogP contribution in [0.4, 0.5) is 0 Å². The summed E-state index contributed by atoms with van der Waals surface area (Å²) in [7, 11) is 0. The lowest BCUT2D eigenvalue weighted by molar-refractivity contribution is 0.408. The molecule has 2 aromatic rings. The zero-order valence-electron chi connectivity index (χ0n) is 18.8. The van der Waals surface area contributed by atoms with Crippen LogP contribution in [0.3, 0.4) is 0 Å². The second kappa shape index (κ2) is 9.45. The Morgan fingerprint density at radius 1 is 0.600 bits per heavy atom. The zero-order valence-corrected chi connectivity index (χ0v) is 18.8. The van der Waals surface area contributed by atoms with Crippen molar-refractivity contribution in [2.45, 2.75) is 103 Å². The first kappa shape index (κ1) is 21.3. The van der Waals surface area contributed by atoms with Gasteiger partial charge in [-0.15, -0.1) is 0 Å². The van der Waals surface area contributed by atoms with Gasteiger partial charge in [-0.1, -0.05) is 73.9 Å². The van der Waals surface area contributed by atoms with Crippen LogP contribution in [0.5, 0.6) is 11.5 Å². The molecule has 30 heavy (non-hydrogen) atoms. The fourth-order valence-electron chi connectivity index (χ4n) is 5.87. The average molecular weight is 407 g/mol. The van der Waals surface area contributed by atoms with E-state index in [9.17, 15) is 10.2 Å². The molecule has 0 unspecified atom stereocenters. The Balaban J connectivity index is 1.56. The van der Waals surface area contributed by atoms with Crippen LogP contribution in [0.25, 0.3) is 0 Å². The van der Waals surface area contributed by atoms with E-state index >= 15 is 0 Å². The SMILES string of the molecule is Cc1cc(CCc2cc(C)cc(C3CCCCC3)c2O)c(O)c(C2CCCCC2)c1. The van der Waals surface area contributed by atoms with Crippen LogP contribution in [0.1, 0.15) is 109 Å². The van der Waals surface area contributed by atoms with Gasteiger partial charge in [-0.2, -0.15) is 0 Å². The number of hydrogen-bond acceptors (Lipinski definition) is 2. The molecule has 2 saturated carbocycles. The Morgan fingerprint density at radius 2 is 0.967 bits per heavy atom. The maximum atomic E-state index is 11.1. The molecular weight excluding hydrogens is 368 g/mol. The Morgan fingerprint density at radius 3 is 1.33 bits per heavy atom. The van der Waals surface area contributed by atoms with Gasteiger partial charge in [-0.3, -0.25) is 0 Å². The van der Waals surface area contributed by atoms with Gasteiger partial charge in [0.2, 0.25) is 0 Å². The number of phenols is 2. The van der Waals surface area contributed by atoms with Crippen molar-refractivity contribution in [2.24, 2.45) is 0 Å². The summed E-state index contributed by atoms with van der Waals surface area (Å²) in [6, 6.07) is 8.66. The normalized spacial score (nSPS) is 18.6. The van der Waals surface area contributed by atoms with E-state index < -0.39 is 0 Å². The molecule has 2 N–H and O–H groups in total. The van der Waals surface area contributed by atoms with Gasteiger partial charge < -0.3 is 10.2 Å². The summed E-state index contributed by atoms with van der Waals surface area (Å²) in [5, 5.41) is 22.1. The minimum Gasteiger partial charge on any atom is -0.507 e. The third-order valence-corrected chi connectivity index (χ3v) is 7.48. The van der Waals surface area contributed by atoms with Crippen LogP contribution in [-0.4, -0.2) is 10.2 Å². The molecule has 0 spiro atoms. The molecule has 0 saturated heterocycles. The highest BCUT2D eigenvalue weighted by molar-refractivity contribution is 5.48. The van der Waals surface area contributed by atoms with Crippen molar-refractivity contribution in [3.05, 3.63) is 57.6 Å². The van der Waals surface area contributed by atoms with Crippen molar-refractivity contribution in [3.63, 3.8) is 0 Å². The van der Waals surface area contributed by atoms with Crippen LogP contribution < -0.4 is 0 Å². The molecule has 0 aromatic heterocycles. The van der Waals surface area contributed by atoms with Crippen molar-refractivity contribution >= 4 is 0 Å². The lowest BCUT2D eigenvalue weighted by Crippen LogP contribution is -2.07. The molecule has 162 valence electrons. The quantitative estimate of drug-likeness (QED) is 0.537. The second-order valence-corrected chi connectivity index (χ2v) is 9.89.